The molecule has 31 heavy (non-hydrogen) atoms. The predicted molar refractivity (Wildman–Crippen MR) is 123 cm³/mol. The Morgan fingerprint density at radius 1 is 1.13 bits per heavy atom. The van der Waals surface area contributed by atoms with Gasteiger partial charge in [0.15, 0.2) is 5.65 Å². The van der Waals surface area contributed by atoms with Gasteiger partial charge in [0.05, 0.1) is 13.3 Å². The number of amides is 1. The summed E-state index contributed by atoms with van der Waals surface area (Å²) in [6.07, 6.45) is 5.57. The van der Waals surface area contributed by atoms with E-state index in [0.717, 1.165) is 34.1 Å². The van der Waals surface area contributed by atoms with Crippen molar-refractivity contribution in [1.29, 1.82) is 0 Å². The van der Waals surface area contributed by atoms with Crippen molar-refractivity contribution >= 4 is 23.1 Å². The van der Waals surface area contributed by atoms with Crippen LogP contribution < -0.4 is 15.4 Å². The van der Waals surface area contributed by atoms with Crippen LogP contribution in [0.3, 0.4) is 0 Å². The molecule has 7 nitrogen and oxygen atoms in total. The molecule has 0 unspecified atom stereocenters. The number of anilines is 2. The van der Waals surface area contributed by atoms with Gasteiger partial charge in [-0.1, -0.05) is 18.2 Å². The van der Waals surface area contributed by atoms with Gasteiger partial charge in [-0.05, 0) is 49.2 Å². The number of para-hydroxylation sites is 1. The molecular formula is C24H25N5O2. The Hall–Kier alpha value is -3.87. The first kappa shape index (κ1) is 20.4. The van der Waals surface area contributed by atoms with Crippen molar-refractivity contribution in [1.82, 2.24) is 14.4 Å². The zero-order chi connectivity index (χ0) is 21.8. The lowest BCUT2D eigenvalue weighted by atomic mass is 10.1. The molecule has 0 fully saturated rings. The Kier molecular flexibility index (Phi) is 5.84. The van der Waals surface area contributed by atoms with Crippen LogP contribution in [0, 0.1) is 13.8 Å². The van der Waals surface area contributed by atoms with Crippen LogP contribution in [0.2, 0.25) is 0 Å². The molecule has 7 heteroatoms. The maximum Gasteiger partial charge on any atom is 0.226 e. The second-order valence-corrected chi connectivity index (χ2v) is 7.34. The van der Waals surface area contributed by atoms with E-state index in [4.69, 9.17) is 9.72 Å². The second-order valence-electron chi connectivity index (χ2n) is 7.34. The van der Waals surface area contributed by atoms with E-state index in [1.54, 1.807) is 19.5 Å². The van der Waals surface area contributed by atoms with E-state index in [0.29, 0.717) is 18.6 Å². The summed E-state index contributed by atoms with van der Waals surface area (Å²) in [6, 6.07) is 13.6. The number of benzene rings is 2. The predicted octanol–water partition coefficient (Wildman–Crippen LogP) is 4.46. The van der Waals surface area contributed by atoms with E-state index >= 15 is 0 Å². The monoisotopic (exact) mass is 415 g/mol. The number of carbonyl (C=O) groups excluding carboxylic acids is 1. The van der Waals surface area contributed by atoms with Crippen molar-refractivity contribution in [3.05, 3.63) is 72.2 Å². The minimum Gasteiger partial charge on any atom is -0.496 e. The lowest BCUT2D eigenvalue weighted by Crippen LogP contribution is -2.17. The van der Waals surface area contributed by atoms with Gasteiger partial charge in [-0.3, -0.25) is 14.2 Å². The number of nitrogens with one attached hydrogen (secondary N) is 2. The van der Waals surface area contributed by atoms with Crippen molar-refractivity contribution in [3.8, 4) is 17.0 Å². The summed E-state index contributed by atoms with van der Waals surface area (Å²) in [6.45, 7) is 4.54. The molecule has 0 aliphatic rings. The molecule has 0 saturated carbocycles. The number of hydrogen-bond acceptors (Lipinski definition) is 5. The van der Waals surface area contributed by atoms with Crippen molar-refractivity contribution in [2.45, 2.75) is 20.3 Å². The molecule has 0 atom stereocenters. The fourth-order valence-electron chi connectivity index (χ4n) is 3.44. The Labute approximate surface area is 181 Å². The molecule has 1 amide bonds. The van der Waals surface area contributed by atoms with Gasteiger partial charge in [0, 0.05) is 36.6 Å². The number of hydrogen-bond donors (Lipinski definition) is 2. The lowest BCUT2D eigenvalue weighted by Gasteiger charge is -2.11. The highest BCUT2D eigenvalue weighted by molar-refractivity contribution is 5.91. The highest BCUT2D eigenvalue weighted by Crippen LogP contribution is 2.34. The zero-order valence-electron chi connectivity index (χ0n) is 17.8. The molecule has 158 valence electrons. The van der Waals surface area contributed by atoms with Crippen molar-refractivity contribution < 1.29 is 9.53 Å². The molecule has 0 spiro atoms. The van der Waals surface area contributed by atoms with Crippen LogP contribution in [-0.2, 0) is 4.79 Å². The van der Waals surface area contributed by atoms with Gasteiger partial charge < -0.3 is 15.4 Å². The topological polar surface area (TPSA) is 80.6 Å². The normalized spacial score (nSPS) is 10.8. The number of rotatable bonds is 7. The highest BCUT2D eigenvalue weighted by atomic mass is 16.5. The van der Waals surface area contributed by atoms with Crippen LogP contribution in [0.25, 0.3) is 16.9 Å². The number of ether oxygens (including phenoxy) is 1. The Bertz CT molecular complexity index is 1230. The number of nitrogens with zero attached hydrogens (tertiary/aromatic N) is 3. The molecule has 0 aliphatic carbocycles. The summed E-state index contributed by atoms with van der Waals surface area (Å²) in [5.74, 6) is 1.47. The van der Waals surface area contributed by atoms with Gasteiger partial charge >= 0.3 is 0 Å². The highest BCUT2D eigenvalue weighted by Gasteiger charge is 2.17. The van der Waals surface area contributed by atoms with E-state index in [1.165, 1.54) is 5.56 Å². The van der Waals surface area contributed by atoms with Gasteiger partial charge in [0.1, 0.15) is 17.3 Å². The number of methoxy groups -OCH3 is 1. The maximum atomic E-state index is 12.5. The summed E-state index contributed by atoms with van der Waals surface area (Å²) in [5, 5.41) is 6.34. The quantitative estimate of drug-likeness (QED) is 0.466. The maximum absolute atomic E-state index is 12.5. The van der Waals surface area contributed by atoms with Gasteiger partial charge in [0.2, 0.25) is 5.91 Å². The van der Waals surface area contributed by atoms with E-state index in [1.807, 2.05) is 60.0 Å². The lowest BCUT2D eigenvalue weighted by molar-refractivity contribution is -0.115. The molecule has 2 heterocycles. The Morgan fingerprint density at radius 2 is 1.97 bits per heavy atom. The third kappa shape index (κ3) is 4.35. The Balaban J connectivity index is 1.53. The standard InChI is InChI=1S/C24H25N5O2/c1-16-8-9-18(14-17(16)2)27-22(30)10-11-26-24-23(19-6-4-5-7-20(19)31-3)28-21-15-25-12-13-29(21)24/h4-9,12-15,26H,10-11H2,1-3H3,(H,27,30). The van der Waals surface area contributed by atoms with Crippen LogP contribution in [0.5, 0.6) is 5.75 Å². The van der Waals surface area contributed by atoms with Crippen molar-refractivity contribution in [3.63, 3.8) is 0 Å². The molecule has 0 aliphatic heterocycles. The first-order valence-electron chi connectivity index (χ1n) is 10.1. The minimum absolute atomic E-state index is 0.0508. The summed E-state index contributed by atoms with van der Waals surface area (Å²) >= 11 is 0. The summed E-state index contributed by atoms with van der Waals surface area (Å²) in [5.41, 5.74) is 5.49. The summed E-state index contributed by atoms with van der Waals surface area (Å²) < 4.78 is 7.45. The van der Waals surface area contributed by atoms with Gasteiger partial charge in [-0.15, -0.1) is 0 Å². The molecule has 4 rings (SSSR count). The fraction of sp³-hybridized carbons (Fsp3) is 0.208. The average Bonchev–Trinajstić information content (AvgIpc) is 3.15. The summed E-state index contributed by atoms with van der Waals surface area (Å²) in [7, 11) is 1.64. The molecule has 0 bridgehead atoms. The molecular weight excluding hydrogens is 390 g/mol. The largest absolute Gasteiger partial charge is 0.496 e. The van der Waals surface area contributed by atoms with Gasteiger partial charge in [-0.25, -0.2) is 4.98 Å². The second kappa shape index (κ2) is 8.87. The Morgan fingerprint density at radius 3 is 2.77 bits per heavy atom. The van der Waals surface area contributed by atoms with Gasteiger partial charge in [-0.2, -0.15) is 0 Å². The van der Waals surface area contributed by atoms with Crippen LogP contribution >= 0.6 is 0 Å². The van der Waals surface area contributed by atoms with Gasteiger partial charge in [0.25, 0.3) is 0 Å². The molecule has 0 saturated heterocycles. The number of fused-ring (bicyclic) bond motifs is 1. The smallest absolute Gasteiger partial charge is 0.226 e. The number of aromatic nitrogens is 3. The SMILES string of the molecule is COc1ccccc1-c1nc2cnccn2c1NCCC(=O)Nc1ccc(C)c(C)c1. The average molecular weight is 415 g/mol. The first-order valence-corrected chi connectivity index (χ1v) is 10.1. The third-order valence-corrected chi connectivity index (χ3v) is 5.23. The summed E-state index contributed by atoms with van der Waals surface area (Å²) in [4.78, 5) is 21.4. The molecule has 2 N–H and O–H groups in total. The minimum atomic E-state index is -0.0508. The van der Waals surface area contributed by atoms with Crippen molar-refractivity contribution in [2.75, 3.05) is 24.3 Å². The van der Waals surface area contributed by atoms with Crippen LogP contribution in [-0.4, -0.2) is 33.9 Å². The number of aryl methyl sites for hydroxylation is 2. The van der Waals surface area contributed by atoms with Crippen molar-refractivity contribution in [2.24, 2.45) is 0 Å². The van der Waals surface area contributed by atoms with E-state index in [-0.39, 0.29) is 5.91 Å². The fourth-order valence-corrected chi connectivity index (χ4v) is 3.44. The molecule has 2 aromatic carbocycles. The van der Waals surface area contributed by atoms with E-state index < -0.39 is 0 Å². The first-order chi connectivity index (χ1) is 15.1. The van der Waals surface area contributed by atoms with Crippen LogP contribution in [0.1, 0.15) is 17.5 Å². The number of imidazole rings is 1. The molecule has 4 aromatic rings. The number of carbonyl (C=O) groups is 1. The van der Waals surface area contributed by atoms with E-state index in [9.17, 15) is 4.79 Å². The zero-order valence-corrected chi connectivity index (χ0v) is 17.8. The molecule has 2 aromatic heterocycles. The third-order valence-electron chi connectivity index (χ3n) is 5.23. The van der Waals surface area contributed by atoms with Crippen LogP contribution in [0.15, 0.2) is 61.1 Å². The molecule has 0 radical (unpaired) electrons. The van der Waals surface area contributed by atoms with Crippen LogP contribution in [0.4, 0.5) is 11.5 Å². The van der Waals surface area contributed by atoms with E-state index in [2.05, 4.69) is 22.5 Å².